The summed E-state index contributed by atoms with van der Waals surface area (Å²) in [4.78, 5) is 9.27. The molecular formula is C17H13F6N5. The molecule has 148 valence electrons. The van der Waals surface area contributed by atoms with E-state index in [4.69, 9.17) is 0 Å². The second kappa shape index (κ2) is 6.08. The SMILES string of the molecule is FC(F)(F)C1(C(F)(F)F)CCN(c2cc(-c3ccccc3)nc3ncnn23)C1. The van der Waals surface area contributed by atoms with Crippen molar-refractivity contribution in [3.8, 4) is 11.3 Å². The second-order valence-corrected chi connectivity index (χ2v) is 6.59. The molecule has 0 aliphatic carbocycles. The lowest BCUT2D eigenvalue weighted by Gasteiger charge is -2.33. The first-order valence-electron chi connectivity index (χ1n) is 8.27. The number of benzene rings is 1. The summed E-state index contributed by atoms with van der Waals surface area (Å²) in [7, 11) is 0. The Labute approximate surface area is 154 Å². The zero-order valence-electron chi connectivity index (χ0n) is 14.2. The fraction of sp³-hybridized carbons (Fsp3) is 0.353. The molecule has 4 rings (SSSR count). The van der Waals surface area contributed by atoms with Gasteiger partial charge in [0.25, 0.3) is 5.78 Å². The first-order chi connectivity index (χ1) is 13.1. The number of halogens is 6. The van der Waals surface area contributed by atoms with Crippen molar-refractivity contribution in [3.05, 3.63) is 42.7 Å². The fourth-order valence-corrected chi connectivity index (χ4v) is 3.41. The average molecular weight is 401 g/mol. The van der Waals surface area contributed by atoms with Gasteiger partial charge >= 0.3 is 12.4 Å². The zero-order chi connectivity index (χ0) is 20.2. The lowest BCUT2D eigenvalue weighted by molar-refractivity contribution is -0.332. The first-order valence-corrected chi connectivity index (χ1v) is 8.27. The third-order valence-electron chi connectivity index (χ3n) is 4.98. The van der Waals surface area contributed by atoms with Gasteiger partial charge in [0.15, 0.2) is 5.41 Å². The van der Waals surface area contributed by atoms with Crippen molar-refractivity contribution in [2.24, 2.45) is 5.41 Å². The predicted octanol–water partition coefficient (Wildman–Crippen LogP) is 4.11. The molecule has 1 aromatic carbocycles. The Morgan fingerprint density at radius 3 is 2.25 bits per heavy atom. The van der Waals surface area contributed by atoms with E-state index in [2.05, 4.69) is 15.1 Å². The minimum absolute atomic E-state index is 0.0803. The van der Waals surface area contributed by atoms with E-state index in [1.54, 1.807) is 30.3 Å². The average Bonchev–Trinajstić information content (AvgIpc) is 3.28. The molecule has 1 fully saturated rings. The maximum absolute atomic E-state index is 13.4. The molecule has 28 heavy (non-hydrogen) atoms. The van der Waals surface area contributed by atoms with Gasteiger partial charge in [-0.05, 0) is 6.42 Å². The normalized spacial score (nSPS) is 17.4. The summed E-state index contributed by atoms with van der Waals surface area (Å²) < 4.78 is 81.6. The highest BCUT2D eigenvalue weighted by Crippen LogP contribution is 2.56. The molecule has 0 radical (unpaired) electrons. The molecule has 3 aromatic rings. The van der Waals surface area contributed by atoms with Gasteiger partial charge in [-0.25, -0.2) is 4.98 Å². The number of anilines is 1. The summed E-state index contributed by atoms with van der Waals surface area (Å²) in [5.74, 6) is 0.171. The van der Waals surface area contributed by atoms with E-state index in [-0.39, 0.29) is 11.6 Å². The number of hydrogen-bond donors (Lipinski definition) is 0. The molecule has 2 aromatic heterocycles. The molecule has 0 spiro atoms. The largest absolute Gasteiger partial charge is 0.404 e. The van der Waals surface area contributed by atoms with Gasteiger partial charge in [-0.3, -0.25) is 0 Å². The van der Waals surface area contributed by atoms with Crippen LogP contribution in [0.3, 0.4) is 0 Å². The summed E-state index contributed by atoms with van der Waals surface area (Å²) in [5, 5.41) is 3.91. The zero-order valence-corrected chi connectivity index (χ0v) is 14.2. The molecule has 1 aliphatic heterocycles. The Balaban J connectivity index is 1.81. The van der Waals surface area contributed by atoms with Gasteiger partial charge in [0.1, 0.15) is 12.1 Å². The van der Waals surface area contributed by atoms with Crippen molar-refractivity contribution < 1.29 is 26.3 Å². The highest BCUT2D eigenvalue weighted by Gasteiger charge is 2.72. The van der Waals surface area contributed by atoms with Crippen LogP contribution in [0.5, 0.6) is 0 Å². The number of nitrogens with zero attached hydrogens (tertiary/aromatic N) is 5. The monoisotopic (exact) mass is 401 g/mol. The minimum Gasteiger partial charge on any atom is -0.355 e. The minimum atomic E-state index is -5.42. The fourth-order valence-electron chi connectivity index (χ4n) is 3.41. The van der Waals surface area contributed by atoms with Crippen LogP contribution in [0.25, 0.3) is 17.0 Å². The summed E-state index contributed by atoms with van der Waals surface area (Å²) in [6.07, 6.45) is -10.8. The third kappa shape index (κ3) is 2.76. The van der Waals surface area contributed by atoms with E-state index in [0.717, 1.165) is 15.7 Å². The van der Waals surface area contributed by atoms with Crippen molar-refractivity contribution in [2.75, 3.05) is 18.0 Å². The molecule has 1 saturated heterocycles. The Hall–Kier alpha value is -2.85. The van der Waals surface area contributed by atoms with E-state index in [0.29, 0.717) is 11.3 Å². The maximum Gasteiger partial charge on any atom is 0.404 e. The molecule has 1 aliphatic rings. The van der Waals surface area contributed by atoms with Crippen LogP contribution in [0, 0.1) is 5.41 Å². The van der Waals surface area contributed by atoms with Crippen LogP contribution in [-0.4, -0.2) is 45.0 Å². The van der Waals surface area contributed by atoms with Crippen LogP contribution in [0.1, 0.15) is 6.42 Å². The molecule has 0 N–H and O–H groups in total. The van der Waals surface area contributed by atoms with Crippen LogP contribution in [0.4, 0.5) is 32.2 Å². The molecule has 3 heterocycles. The van der Waals surface area contributed by atoms with Crippen molar-refractivity contribution in [1.29, 1.82) is 0 Å². The van der Waals surface area contributed by atoms with E-state index >= 15 is 0 Å². The molecule has 0 saturated carbocycles. The Bertz CT molecular complexity index is 981. The third-order valence-corrected chi connectivity index (χ3v) is 4.98. The van der Waals surface area contributed by atoms with Crippen molar-refractivity contribution in [3.63, 3.8) is 0 Å². The molecule has 0 atom stereocenters. The number of alkyl halides is 6. The predicted molar refractivity (Wildman–Crippen MR) is 87.6 cm³/mol. The van der Waals surface area contributed by atoms with Crippen LogP contribution >= 0.6 is 0 Å². The van der Waals surface area contributed by atoms with Crippen LogP contribution < -0.4 is 4.90 Å². The quantitative estimate of drug-likeness (QED) is 0.607. The number of hydrogen-bond acceptors (Lipinski definition) is 4. The molecular weight excluding hydrogens is 388 g/mol. The topological polar surface area (TPSA) is 46.3 Å². The molecule has 5 nitrogen and oxygen atoms in total. The summed E-state index contributed by atoms with van der Waals surface area (Å²) in [5.41, 5.74) is -2.75. The lowest BCUT2D eigenvalue weighted by Crippen LogP contribution is -2.51. The van der Waals surface area contributed by atoms with Gasteiger partial charge in [0.05, 0.1) is 5.69 Å². The number of rotatable bonds is 2. The van der Waals surface area contributed by atoms with E-state index in [1.807, 2.05) is 0 Å². The Morgan fingerprint density at radius 1 is 0.964 bits per heavy atom. The highest BCUT2D eigenvalue weighted by molar-refractivity contribution is 5.66. The van der Waals surface area contributed by atoms with Gasteiger partial charge in [-0.1, -0.05) is 30.3 Å². The number of aromatic nitrogens is 4. The van der Waals surface area contributed by atoms with Crippen LogP contribution in [-0.2, 0) is 0 Å². The van der Waals surface area contributed by atoms with Crippen molar-refractivity contribution in [1.82, 2.24) is 19.6 Å². The summed E-state index contributed by atoms with van der Waals surface area (Å²) >= 11 is 0. The van der Waals surface area contributed by atoms with Crippen molar-refractivity contribution in [2.45, 2.75) is 18.8 Å². The van der Waals surface area contributed by atoms with Crippen LogP contribution in [0.2, 0.25) is 0 Å². The van der Waals surface area contributed by atoms with E-state index in [1.165, 1.54) is 6.07 Å². The van der Waals surface area contributed by atoms with Gasteiger partial charge in [-0.2, -0.15) is 40.9 Å². The Kier molecular flexibility index (Phi) is 4.02. The molecule has 0 amide bonds. The van der Waals surface area contributed by atoms with Gasteiger partial charge < -0.3 is 4.90 Å². The smallest absolute Gasteiger partial charge is 0.355 e. The molecule has 11 heteroatoms. The standard InChI is InChI=1S/C17H13F6N5/c18-16(19,20)15(17(21,22)23)6-7-27(9-15)13-8-12(11-4-2-1-3-5-11)26-14-24-10-25-28(13)14/h1-5,8,10H,6-7,9H2. The van der Waals surface area contributed by atoms with Gasteiger partial charge in [-0.15, -0.1) is 0 Å². The second-order valence-electron chi connectivity index (χ2n) is 6.59. The first kappa shape index (κ1) is 18.5. The molecule has 0 unspecified atom stereocenters. The number of fused-ring (bicyclic) bond motifs is 1. The Morgan fingerprint density at radius 2 is 1.64 bits per heavy atom. The summed E-state index contributed by atoms with van der Waals surface area (Å²) in [6.45, 7) is -1.67. The van der Waals surface area contributed by atoms with Gasteiger partial charge in [0.2, 0.25) is 0 Å². The van der Waals surface area contributed by atoms with E-state index in [9.17, 15) is 26.3 Å². The molecule has 0 bridgehead atoms. The summed E-state index contributed by atoms with van der Waals surface area (Å²) in [6, 6.07) is 10.2. The van der Waals surface area contributed by atoms with Gasteiger partial charge in [0, 0.05) is 24.7 Å². The highest BCUT2D eigenvalue weighted by atomic mass is 19.4. The lowest BCUT2D eigenvalue weighted by atomic mass is 9.85. The van der Waals surface area contributed by atoms with Crippen LogP contribution in [0.15, 0.2) is 42.7 Å². The van der Waals surface area contributed by atoms with Crippen molar-refractivity contribution >= 4 is 11.6 Å². The van der Waals surface area contributed by atoms with E-state index < -0.39 is 37.3 Å². The maximum atomic E-state index is 13.4.